The number of unbranched alkanes of at least 4 members (excludes halogenated alkanes) is 2. The molecule has 1 saturated heterocycles. The van der Waals surface area contributed by atoms with Gasteiger partial charge in [0, 0.05) is 13.0 Å². The van der Waals surface area contributed by atoms with E-state index >= 15 is 0 Å². The third-order valence-electron chi connectivity index (χ3n) is 2.22. The van der Waals surface area contributed by atoms with Crippen molar-refractivity contribution in [3.05, 3.63) is 12.2 Å². The second-order valence-corrected chi connectivity index (χ2v) is 3.43. The summed E-state index contributed by atoms with van der Waals surface area (Å²) in [6.07, 6.45) is 8.76. The second kappa shape index (κ2) is 5.92. The number of carbonyl (C=O) groups excluding carboxylic acids is 1. The van der Waals surface area contributed by atoms with E-state index in [9.17, 15) is 4.79 Å². The van der Waals surface area contributed by atoms with Gasteiger partial charge in [0.2, 0.25) is 0 Å². The Morgan fingerprint density at radius 2 is 2.46 bits per heavy atom. The predicted molar refractivity (Wildman–Crippen MR) is 52.6 cm³/mol. The Kier molecular flexibility index (Phi) is 4.76. The van der Waals surface area contributed by atoms with Gasteiger partial charge in [-0.3, -0.25) is 4.79 Å². The molecule has 0 saturated carbocycles. The third kappa shape index (κ3) is 3.73. The zero-order valence-electron chi connectivity index (χ0n) is 8.29. The molecule has 0 aromatic carbocycles. The largest absolute Gasteiger partial charge is 0.366 e. The number of ether oxygens (including phenoxy) is 1. The average Bonchev–Trinajstić information content (AvgIpc) is 2.15. The summed E-state index contributed by atoms with van der Waals surface area (Å²) in [5.74, 6) is 0.235. The van der Waals surface area contributed by atoms with Gasteiger partial charge in [-0.05, 0) is 12.8 Å². The molecule has 0 aliphatic carbocycles. The highest BCUT2D eigenvalue weighted by Gasteiger charge is 2.19. The number of ketones is 1. The van der Waals surface area contributed by atoms with Crippen LogP contribution in [0.4, 0.5) is 0 Å². The van der Waals surface area contributed by atoms with Gasteiger partial charge >= 0.3 is 0 Å². The number of hydrogen-bond acceptors (Lipinski definition) is 2. The lowest BCUT2D eigenvalue weighted by Crippen LogP contribution is -2.27. The molecule has 1 unspecified atom stereocenters. The maximum Gasteiger partial charge on any atom is 0.165 e. The van der Waals surface area contributed by atoms with Crippen LogP contribution < -0.4 is 0 Å². The maximum atomic E-state index is 11.3. The molecule has 1 heterocycles. The lowest BCUT2D eigenvalue weighted by molar-refractivity contribution is -0.132. The van der Waals surface area contributed by atoms with Crippen LogP contribution in [0.3, 0.4) is 0 Å². The van der Waals surface area contributed by atoms with Crippen LogP contribution >= 0.6 is 0 Å². The molecular formula is C11H18O2. The molecule has 1 atom stereocenters. The Hall–Kier alpha value is -0.630. The van der Waals surface area contributed by atoms with Crippen molar-refractivity contribution in [3.63, 3.8) is 0 Å². The summed E-state index contributed by atoms with van der Waals surface area (Å²) in [6, 6.07) is 0. The standard InChI is InChI=1S/C11H18O2/c1-2-3-4-5-8-11-10(12)7-6-9-13-11/h5,8,11H,2-4,6-7,9H2,1H3/b8-5+. The summed E-state index contributed by atoms with van der Waals surface area (Å²) in [4.78, 5) is 11.3. The zero-order valence-corrected chi connectivity index (χ0v) is 8.29. The van der Waals surface area contributed by atoms with Crippen molar-refractivity contribution < 1.29 is 9.53 Å². The van der Waals surface area contributed by atoms with Crippen LogP contribution in [0.5, 0.6) is 0 Å². The minimum atomic E-state index is -0.245. The molecule has 0 aromatic heterocycles. The molecule has 0 bridgehead atoms. The van der Waals surface area contributed by atoms with Crippen molar-refractivity contribution in [3.8, 4) is 0 Å². The van der Waals surface area contributed by atoms with Gasteiger partial charge in [0.1, 0.15) is 6.10 Å². The summed E-state index contributed by atoms with van der Waals surface area (Å²) in [6.45, 7) is 2.89. The summed E-state index contributed by atoms with van der Waals surface area (Å²) < 4.78 is 5.33. The molecule has 13 heavy (non-hydrogen) atoms. The van der Waals surface area contributed by atoms with Gasteiger partial charge in [-0.15, -0.1) is 0 Å². The lowest BCUT2D eigenvalue weighted by Gasteiger charge is -2.17. The molecule has 0 N–H and O–H groups in total. The SMILES string of the molecule is CCCC/C=C/C1OCCCC1=O. The Balaban J connectivity index is 2.25. The van der Waals surface area contributed by atoms with Gasteiger partial charge in [0.15, 0.2) is 5.78 Å². The topological polar surface area (TPSA) is 26.3 Å². The summed E-state index contributed by atoms with van der Waals surface area (Å²) in [5, 5.41) is 0. The Bertz CT molecular complexity index is 185. The van der Waals surface area contributed by atoms with E-state index in [1.807, 2.05) is 6.08 Å². The minimum absolute atomic E-state index is 0.235. The van der Waals surface area contributed by atoms with Crippen LogP contribution in [-0.2, 0) is 9.53 Å². The van der Waals surface area contributed by atoms with E-state index in [0.29, 0.717) is 6.42 Å². The van der Waals surface area contributed by atoms with E-state index in [-0.39, 0.29) is 11.9 Å². The highest BCUT2D eigenvalue weighted by molar-refractivity contribution is 5.85. The van der Waals surface area contributed by atoms with E-state index < -0.39 is 0 Å². The van der Waals surface area contributed by atoms with Crippen LogP contribution in [0.1, 0.15) is 39.0 Å². The fourth-order valence-electron chi connectivity index (χ4n) is 1.40. The normalized spacial score (nSPS) is 24.1. The second-order valence-electron chi connectivity index (χ2n) is 3.43. The summed E-state index contributed by atoms with van der Waals surface area (Å²) in [5.41, 5.74) is 0. The van der Waals surface area contributed by atoms with Crippen LogP contribution in [0.25, 0.3) is 0 Å². The molecule has 0 radical (unpaired) electrons. The third-order valence-corrected chi connectivity index (χ3v) is 2.22. The van der Waals surface area contributed by atoms with Crippen LogP contribution in [0, 0.1) is 0 Å². The molecular weight excluding hydrogens is 164 g/mol. The molecule has 74 valence electrons. The number of hydrogen-bond donors (Lipinski definition) is 0. The predicted octanol–water partition coefficient (Wildman–Crippen LogP) is 2.48. The highest BCUT2D eigenvalue weighted by Crippen LogP contribution is 2.10. The van der Waals surface area contributed by atoms with Crippen molar-refractivity contribution in [2.24, 2.45) is 0 Å². The van der Waals surface area contributed by atoms with E-state index in [1.165, 1.54) is 12.8 Å². The van der Waals surface area contributed by atoms with Gasteiger partial charge in [0.05, 0.1) is 0 Å². The number of rotatable bonds is 4. The van der Waals surface area contributed by atoms with E-state index in [4.69, 9.17) is 4.74 Å². The monoisotopic (exact) mass is 182 g/mol. The summed E-state index contributed by atoms with van der Waals surface area (Å²) in [7, 11) is 0. The molecule has 1 rings (SSSR count). The first-order valence-corrected chi connectivity index (χ1v) is 5.15. The van der Waals surface area contributed by atoms with Crippen molar-refractivity contribution in [1.29, 1.82) is 0 Å². The van der Waals surface area contributed by atoms with Gasteiger partial charge in [0.25, 0.3) is 0 Å². The average molecular weight is 182 g/mol. The summed E-state index contributed by atoms with van der Waals surface area (Å²) >= 11 is 0. The first-order chi connectivity index (χ1) is 6.34. The maximum absolute atomic E-state index is 11.3. The van der Waals surface area contributed by atoms with Gasteiger partial charge in [-0.25, -0.2) is 0 Å². The van der Waals surface area contributed by atoms with Gasteiger partial charge in [-0.2, -0.15) is 0 Å². The van der Waals surface area contributed by atoms with Crippen molar-refractivity contribution >= 4 is 5.78 Å². The highest BCUT2D eigenvalue weighted by atomic mass is 16.5. The number of Topliss-reactive ketones (excluding diaryl/α,β-unsaturated/α-hetero) is 1. The first kappa shape index (κ1) is 10.5. The quantitative estimate of drug-likeness (QED) is 0.493. The molecule has 1 fully saturated rings. The smallest absolute Gasteiger partial charge is 0.165 e. The Morgan fingerprint density at radius 1 is 1.62 bits per heavy atom. The fourth-order valence-corrected chi connectivity index (χ4v) is 1.40. The first-order valence-electron chi connectivity index (χ1n) is 5.15. The molecule has 0 aromatic rings. The van der Waals surface area contributed by atoms with Crippen LogP contribution in [-0.4, -0.2) is 18.5 Å². The van der Waals surface area contributed by atoms with Crippen molar-refractivity contribution in [2.45, 2.75) is 45.1 Å². The Labute approximate surface area is 80.0 Å². The molecule has 1 aliphatic heterocycles. The van der Waals surface area contributed by atoms with Crippen LogP contribution in [0.15, 0.2) is 12.2 Å². The van der Waals surface area contributed by atoms with E-state index in [0.717, 1.165) is 19.4 Å². The molecule has 2 nitrogen and oxygen atoms in total. The molecule has 0 amide bonds. The van der Waals surface area contributed by atoms with Gasteiger partial charge < -0.3 is 4.74 Å². The molecule has 2 heteroatoms. The molecule has 0 spiro atoms. The number of carbonyl (C=O) groups is 1. The van der Waals surface area contributed by atoms with E-state index in [2.05, 4.69) is 13.0 Å². The van der Waals surface area contributed by atoms with Gasteiger partial charge in [-0.1, -0.05) is 31.9 Å². The van der Waals surface area contributed by atoms with Crippen LogP contribution in [0.2, 0.25) is 0 Å². The van der Waals surface area contributed by atoms with E-state index in [1.54, 1.807) is 0 Å². The zero-order chi connectivity index (χ0) is 9.52. The minimum Gasteiger partial charge on any atom is -0.366 e. The lowest BCUT2D eigenvalue weighted by atomic mass is 10.1. The number of allylic oxidation sites excluding steroid dienone is 1. The van der Waals surface area contributed by atoms with Crippen molar-refractivity contribution in [1.82, 2.24) is 0 Å². The fraction of sp³-hybridized carbons (Fsp3) is 0.727. The Morgan fingerprint density at radius 3 is 3.15 bits per heavy atom. The molecule has 1 aliphatic rings. The van der Waals surface area contributed by atoms with Crippen molar-refractivity contribution in [2.75, 3.05) is 6.61 Å².